The van der Waals surface area contributed by atoms with Gasteiger partial charge in [0.25, 0.3) is 0 Å². The van der Waals surface area contributed by atoms with E-state index in [0.717, 1.165) is 43.2 Å². The highest BCUT2D eigenvalue weighted by atomic mass is 16.5. The van der Waals surface area contributed by atoms with E-state index in [1.807, 2.05) is 28.9 Å². The van der Waals surface area contributed by atoms with E-state index in [-0.39, 0.29) is 12.1 Å². The third-order valence-corrected chi connectivity index (χ3v) is 5.25. The average molecular weight is 377 g/mol. The van der Waals surface area contributed by atoms with Crippen molar-refractivity contribution in [1.82, 2.24) is 14.7 Å². The van der Waals surface area contributed by atoms with Gasteiger partial charge >= 0.3 is 0 Å². The molecule has 2 aromatic carbocycles. The molecule has 6 heteroatoms. The van der Waals surface area contributed by atoms with Crippen LogP contribution in [0.5, 0.6) is 5.75 Å². The van der Waals surface area contributed by atoms with Crippen LogP contribution < -0.4 is 16.2 Å². The van der Waals surface area contributed by atoms with Crippen LogP contribution in [0.15, 0.2) is 60.8 Å². The third kappa shape index (κ3) is 4.09. The number of likely N-dealkylation sites (tertiary alicyclic amines) is 1. The Morgan fingerprint density at radius 3 is 2.46 bits per heavy atom. The Hall–Kier alpha value is -2.67. The fourth-order valence-corrected chi connectivity index (χ4v) is 3.75. The van der Waals surface area contributed by atoms with Crippen LogP contribution in [0.4, 0.5) is 0 Å². The Morgan fingerprint density at radius 2 is 1.75 bits per heavy atom. The van der Waals surface area contributed by atoms with Crippen LogP contribution in [0.1, 0.15) is 11.1 Å². The Labute approximate surface area is 165 Å². The molecule has 1 aliphatic heterocycles. The van der Waals surface area contributed by atoms with Crippen molar-refractivity contribution in [3.8, 4) is 17.0 Å². The fraction of sp³-hybridized carbons (Fsp3) is 0.318. The lowest BCUT2D eigenvalue weighted by Crippen LogP contribution is -2.39. The van der Waals surface area contributed by atoms with Gasteiger partial charge in [-0.3, -0.25) is 9.58 Å². The number of hydrogen-bond acceptors (Lipinski definition) is 5. The molecule has 1 aliphatic rings. The van der Waals surface area contributed by atoms with Gasteiger partial charge in [-0.1, -0.05) is 42.5 Å². The van der Waals surface area contributed by atoms with Crippen LogP contribution in [0, 0.1) is 0 Å². The average Bonchev–Trinajstić information content (AvgIpc) is 3.25. The lowest BCUT2D eigenvalue weighted by atomic mass is 10.1. The molecule has 0 saturated carbocycles. The molecular weight excluding hydrogens is 350 g/mol. The Kier molecular flexibility index (Phi) is 5.43. The quantitative estimate of drug-likeness (QED) is 0.687. The third-order valence-electron chi connectivity index (χ3n) is 5.25. The van der Waals surface area contributed by atoms with Crippen molar-refractivity contribution in [2.24, 2.45) is 11.5 Å². The van der Waals surface area contributed by atoms with Gasteiger partial charge in [0.05, 0.1) is 19.3 Å². The Bertz CT molecular complexity index is 914. The number of aromatic nitrogens is 2. The number of benzene rings is 2. The molecule has 0 spiro atoms. The summed E-state index contributed by atoms with van der Waals surface area (Å²) >= 11 is 0. The van der Waals surface area contributed by atoms with Crippen molar-refractivity contribution < 1.29 is 4.74 Å². The zero-order valence-corrected chi connectivity index (χ0v) is 16.2. The highest BCUT2D eigenvalue weighted by Gasteiger charge is 2.28. The summed E-state index contributed by atoms with van der Waals surface area (Å²) in [6.07, 6.45) is 2.14. The van der Waals surface area contributed by atoms with E-state index in [2.05, 4.69) is 41.4 Å². The van der Waals surface area contributed by atoms with Crippen molar-refractivity contribution in [2.75, 3.05) is 20.2 Å². The van der Waals surface area contributed by atoms with Crippen LogP contribution >= 0.6 is 0 Å². The standard InChI is InChI=1S/C22H27N5O/c1-28-19-9-5-8-17(10-19)22-18(12-26-14-20(23)21(24)15-26)13-27(25-22)11-16-6-3-2-4-7-16/h2-10,13,20-21H,11-12,14-15,23-24H2,1H3/t20-,21-/m1/s1. The smallest absolute Gasteiger partial charge is 0.119 e. The zero-order valence-electron chi connectivity index (χ0n) is 16.2. The number of hydrogen-bond donors (Lipinski definition) is 2. The largest absolute Gasteiger partial charge is 0.497 e. The van der Waals surface area contributed by atoms with Crippen molar-refractivity contribution >= 4 is 0 Å². The van der Waals surface area contributed by atoms with Crippen LogP contribution in [-0.4, -0.2) is 47.0 Å². The molecule has 0 radical (unpaired) electrons. The molecule has 0 aliphatic carbocycles. The van der Waals surface area contributed by atoms with Gasteiger partial charge in [0.2, 0.25) is 0 Å². The number of nitrogens with zero attached hydrogens (tertiary/aromatic N) is 3. The van der Waals surface area contributed by atoms with Gasteiger partial charge in [-0.25, -0.2) is 0 Å². The monoisotopic (exact) mass is 377 g/mol. The summed E-state index contributed by atoms with van der Waals surface area (Å²) < 4.78 is 7.41. The summed E-state index contributed by atoms with van der Waals surface area (Å²) in [5, 5.41) is 4.90. The molecular formula is C22H27N5O. The van der Waals surface area contributed by atoms with Gasteiger partial charge in [0.1, 0.15) is 5.75 Å². The molecule has 0 bridgehead atoms. The summed E-state index contributed by atoms with van der Waals surface area (Å²) in [4.78, 5) is 2.31. The first-order chi connectivity index (χ1) is 13.6. The van der Waals surface area contributed by atoms with Gasteiger partial charge in [-0.05, 0) is 17.7 Å². The molecule has 0 amide bonds. The zero-order chi connectivity index (χ0) is 19.5. The van der Waals surface area contributed by atoms with Crippen molar-refractivity contribution in [3.05, 3.63) is 71.9 Å². The normalized spacial score (nSPS) is 19.8. The Morgan fingerprint density at radius 1 is 1.00 bits per heavy atom. The number of methoxy groups -OCH3 is 1. The summed E-state index contributed by atoms with van der Waals surface area (Å²) in [5.74, 6) is 0.825. The molecule has 146 valence electrons. The second kappa shape index (κ2) is 8.14. The molecule has 28 heavy (non-hydrogen) atoms. The van der Waals surface area contributed by atoms with Crippen LogP contribution in [0.25, 0.3) is 11.3 Å². The van der Waals surface area contributed by atoms with E-state index >= 15 is 0 Å². The van der Waals surface area contributed by atoms with Gasteiger partial charge in [0, 0.05) is 49.0 Å². The van der Waals surface area contributed by atoms with Crippen molar-refractivity contribution in [2.45, 2.75) is 25.2 Å². The first-order valence-corrected chi connectivity index (χ1v) is 9.60. The van der Waals surface area contributed by atoms with Gasteiger partial charge < -0.3 is 16.2 Å². The van der Waals surface area contributed by atoms with E-state index in [9.17, 15) is 0 Å². The summed E-state index contributed by atoms with van der Waals surface area (Å²) in [5.41, 5.74) is 16.6. The number of nitrogens with two attached hydrogens (primary N) is 2. The van der Waals surface area contributed by atoms with Gasteiger partial charge in [-0.2, -0.15) is 5.10 Å². The minimum atomic E-state index is 0.0274. The molecule has 4 N–H and O–H groups in total. The fourth-order valence-electron chi connectivity index (χ4n) is 3.75. The SMILES string of the molecule is COc1cccc(-c2nn(Cc3ccccc3)cc2CN2C[C@@H](N)[C@H](N)C2)c1. The molecule has 1 aromatic heterocycles. The van der Waals surface area contributed by atoms with Crippen LogP contribution in [-0.2, 0) is 13.1 Å². The molecule has 0 unspecified atom stereocenters. The van der Waals surface area contributed by atoms with Gasteiger partial charge in [-0.15, -0.1) is 0 Å². The van der Waals surface area contributed by atoms with Gasteiger partial charge in [0.15, 0.2) is 0 Å². The topological polar surface area (TPSA) is 82.3 Å². The number of rotatable bonds is 6. The lowest BCUT2D eigenvalue weighted by Gasteiger charge is -2.15. The van der Waals surface area contributed by atoms with Crippen LogP contribution in [0.3, 0.4) is 0 Å². The first kappa shape index (κ1) is 18.7. The van der Waals surface area contributed by atoms with Crippen molar-refractivity contribution in [1.29, 1.82) is 0 Å². The second-order valence-corrected chi connectivity index (χ2v) is 7.44. The minimum absolute atomic E-state index is 0.0274. The van der Waals surface area contributed by atoms with E-state index in [0.29, 0.717) is 0 Å². The Balaban J connectivity index is 1.65. The number of ether oxygens (including phenoxy) is 1. The van der Waals surface area contributed by atoms with E-state index < -0.39 is 0 Å². The predicted octanol–water partition coefficient (Wildman–Crippen LogP) is 2.08. The molecule has 4 rings (SSSR count). The summed E-state index contributed by atoms with van der Waals surface area (Å²) in [7, 11) is 1.68. The highest BCUT2D eigenvalue weighted by Crippen LogP contribution is 2.27. The maximum atomic E-state index is 6.11. The second-order valence-electron chi connectivity index (χ2n) is 7.44. The maximum absolute atomic E-state index is 6.11. The summed E-state index contributed by atoms with van der Waals surface area (Å²) in [6, 6.07) is 18.5. The molecule has 2 atom stereocenters. The van der Waals surface area contributed by atoms with E-state index in [1.54, 1.807) is 7.11 Å². The molecule has 1 fully saturated rings. The molecule has 2 heterocycles. The van der Waals surface area contributed by atoms with Crippen LogP contribution in [0.2, 0.25) is 0 Å². The maximum Gasteiger partial charge on any atom is 0.119 e. The predicted molar refractivity (Wildman–Crippen MR) is 111 cm³/mol. The minimum Gasteiger partial charge on any atom is -0.497 e. The van der Waals surface area contributed by atoms with Crippen molar-refractivity contribution in [3.63, 3.8) is 0 Å². The lowest BCUT2D eigenvalue weighted by molar-refractivity contribution is 0.324. The molecule has 1 saturated heterocycles. The van der Waals surface area contributed by atoms with E-state index in [4.69, 9.17) is 21.3 Å². The highest BCUT2D eigenvalue weighted by molar-refractivity contribution is 5.64. The summed E-state index contributed by atoms with van der Waals surface area (Å²) in [6.45, 7) is 3.13. The molecule has 3 aromatic rings. The molecule has 6 nitrogen and oxygen atoms in total. The first-order valence-electron chi connectivity index (χ1n) is 9.60. The van der Waals surface area contributed by atoms with E-state index in [1.165, 1.54) is 11.1 Å².